The summed E-state index contributed by atoms with van der Waals surface area (Å²) in [5.74, 6) is 0. The molecular formula is C37H42BNO2. The monoisotopic (exact) mass is 543 g/mol. The van der Waals surface area contributed by atoms with Gasteiger partial charge in [-0.1, -0.05) is 78.9 Å². The molecule has 0 N–H and O–H groups in total. The molecule has 0 amide bonds. The summed E-state index contributed by atoms with van der Waals surface area (Å²) in [5, 5.41) is 0. The van der Waals surface area contributed by atoms with Gasteiger partial charge in [0.15, 0.2) is 0 Å². The van der Waals surface area contributed by atoms with Gasteiger partial charge in [-0.25, -0.2) is 0 Å². The minimum Gasteiger partial charge on any atom is -0.399 e. The summed E-state index contributed by atoms with van der Waals surface area (Å²) in [6, 6.07) is 17.5. The second-order valence-corrected chi connectivity index (χ2v) is 11.8. The smallest absolute Gasteiger partial charge is 0.399 e. The van der Waals surface area contributed by atoms with E-state index in [9.17, 15) is 0 Å². The minimum atomic E-state index is -0.381. The Bertz CT molecular complexity index is 1450. The number of allylic oxidation sites excluding steroid dienone is 13. The quantitative estimate of drug-likeness (QED) is 0.257. The van der Waals surface area contributed by atoms with Crippen LogP contribution in [0.2, 0.25) is 0 Å². The Labute approximate surface area is 247 Å². The SMILES string of the molecule is C/C=C\C(=C/C)C1=CCC=C(N(c2ccc(B3OC(C)(C)C(C)(C)O3)cc2)c2ccc(C3=CCCC=C3)cc2)C=C1. The summed E-state index contributed by atoms with van der Waals surface area (Å²) < 4.78 is 12.6. The maximum absolute atomic E-state index is 6.32. The van der Waals surface area contributed by atoms with E-state index in [0.29, 0.717) is 0 Å². The zero-order valence-electron chi connectivity index (χ0n) is 25.4. The number of hydrogen-bond acceptors (Lipinski definition) is 3. The zero-order chi connectivity index (χ0) is 29.0. The van der Waals surface area contributed by atoms with Gasteiger partial charge < -0.3 is 14.2 Å². The molecule has 3 nitrogen and oxygen atoms in total. The summed E-state index contributed by atoms with van der Waals surface area (Å²) >= 11 is 0. The number of rotatable bonds is 7. The van der Waals surface area contributed by atoms with Gasteiger partial charge in [0.05, 0.1) is 11.2 Å². The summed E-state index contributed by atoms with van der Waals surface area (Å²) in [6.45, 7) is 12.5. The first-order valence-electron chi connectivity index (χ1n) is 14.8. The predicted octanol–water partition coefficient (Wildman–Crippen LogP) is 9.15. The Morgan fingerprint density at radius 3 is 2.02 bits per heavy atom. The van der Waals surface area contributed by atoms with Gasteiger partial charge in [0, 0.05) is 17.1 Å². The Balaban J connectivity index is 1.48. The van der Waals surface area contributed by atoms with Crippen molar-refractivity contribution in [2.45, 2.75) is 72.0 Å². The molecule has 0 atom stereocenters. The van der Waals surface area contributed by atoms with E-state index in [0.717, 1.165) is 41.8 Å². The van der Waals surface area contributed by atoms with E-state index < -0.39 is 0 Å². The van der Waals surface area contributed by atoms with Crippen molar-refractivity contribution < 1.29 is 9.31 Å². The highest BCUT2D eigenvalue weighted by atomic mass is 16.7. The Hall–Kier alpha value is -3.60. The molecule has 2 aromatic carbocycles. The summed E-state index contributed by atoms with van der Waals surface area (Å²) in [5.41, 5.74) is 8.65. The minimum absolute atomic E-state index is 0.369. The zero-order valence-corrected chi connectivity index (χ0v) is 25.4. The lowest BCUT2D eigenvalue weighted by molar-refractivity contribution is 0.00578. The van der Waals surface area contributed by atoms with Crippen LogP contribution in [0.5, 0.6) is 0 Å². The van der Waals surface area contributed by atoms with E-state index >= 15 is 0 Å². The topological polar surface area (TPSA) is 21.7 Å². The van der Waals surface area contributed by atoms with Gasteiger partial charge in [-0.15, -0.1) is 0 Å². The maximum Gasteiger partial charge on any atom is 0.494 e. The molecule has 1 aliphatic heterocycles. The largest absolute Gasteiger partial charge is 0.494 e. The molecule has 41 heavy (non-hydrogen) atoms. The molecule has 0 spiro atoms. The van der Waals surface area contributed by atoms with Gasteiger partial charge in [-0.2, -0.15) is 0 Å². The van der Waals surface area contributed by atoms with E-state index in [1.54, 1.807) is 0 Å². The van der Waals surface area contributed by atoms with Crippen molar-refractivity contribution in [1.82, 2.24) is 0 Å². The third kappa shape index (κ3) is 6.19. The van der Waals surface area contributed by atoms with E-state index in [2.05, 4.69) is 156 Å². The lowest BCUT2D eigenvalue weighted by Gasteiger charge is -2.32. The number of anilines is 2. The van der Waals surface area contributed by atoms with Crippen LogP contribution in [-0.2, 0) is 9.31 Å². The van der Waals surface area contributed by atoms with E-state index in [4.69, 9.17) is 9.31 Å². The van der Waals surface area contributed by atoms with Crippen LogP contribution in [0.1, 0.15) is 66.4 Å². The second-order valence-electron chi connectivity index (χ2n) is 11.8. The molecule has 0 unspecified atom stereocenters. The van der Waals surface area contributed by atoms with Crippen molar-refractivity contribution in [2.75, 3.05) is 4.90 Å². The van der Waals surface area contributed by atoms with Crippen LogP contribution in [0.4, 0.5) is 11.4 Å². The Kier molecular flexibility index (Phi) is 8.54. The molecular weight excluding hydrogens is 501 g/mol. The summed E-state index contributed by atoms with van der Waals surface area (Å²) in [6.07, 6.45) is 25.4. The Morgan fingerprint density at radius 1 is 0.780 bits per heavy atom. The van der Waals surface area contributed by atoms with Gasteiger partial charge in [-0.3, -0.25) is 0 Å². The lowest BCUT2D eigenvalue weighted by atomic mass is 9.79. The van der Waals surface area contributed by atoms with Crippen molar-refractivity contribution in [3.05, 3.63) is 132 Å². The maximum atomic E-state index is 6.32. The molecule has 2 aromatic rings. The van der Waals surface area contributed by atoms with E-state index in [1.807, 2.05) is 0 Å². The third-order valence-corrected chi connectivity index (χ3v) is 8.48. The summed E-state index contributed by atoms with van der Waals surface area (Å²) in [7, 11) is -0.381. The summed E-state index contributed by atoms with van der Waals surface area (Å²) in [4.78, 5) is 2.33. The number of benzene rings is 2. The average Bonchev–Trinajstić information content (AvgIpc) is 3.11. The van der Waals surface area contributed by atoms with Crippen molar-refractivity contribution in [1.29, 1.82) is 0 Å². The van der Waals surface area contributed by atoms with Gasteiger partial charge in [0.25, 0.3) is 0 Å². The fraction of sp³-hybridized carbons (Fsp3) is 0.297. The third-order valence-electron chi connectivity index (χ3n) is 8.48. The lowest BCUT2D eigenvalue weighted by Crippen LogP contribution is -2.41. The van der Waals surface area contributed by atoms with Crippen molar-refractivity contribution in [3.8, 4) is 0 Å². The normalized spacial score (nSPS) is 20.1. The first-order chi connectivity index (χ1) is 19.7. The molecule has 0 aromatic heterocycles. The molecule has 4 heteroatoms. The van der Waals surface area contributed by atoms with Crippen LogP contribution in [0.3, 0.4) is 0 Å². The highest BCUT2D eigenvalue weighted by molar-refractivity contribution is 6.62. The first kappa shape index (κ1) is 28.9. The second kappa shape index (κ2) is 12.1. The fourth-order valence-corrected chi connectivity index (χ4v) is 5.37. The molecule has 1 fully saturated rings. The first-order valence-corrected chi connectivity index (χ1v) is 14.8. The van der Waals surface area contributed by atoms with Crippen LogP contribution in [0.15, 0.2) is 126 Å². The van der Waals surface area contributed by atoms with Crippen LogP contribution in [-0.4, -0.2) is 18.3 Å². The van der Waals surface area contributed by atoms with Crippen LogP contribution in [0.25, 0.3) is 5.57 Å². The van der Waals surface area contributed by atoms with Crippen LogP contribution in [0, 0.1) is 0 Å². The molecule has 0 radical (unpaired) electrons. The molecule has 0 bridgehead atoms. The fourth-order valence-electron chi connectivity index (χ4n) is 5.37. The number of hydrogen-bond donors (Lipinski definition) is 0. The molecule has 210 valence electrons. The standard InChI is InChI=1S/C37H42BNO2/c1-7-13-28(8-2)30-16-12-17-33(23-18-30)39(34-24-19-31(20-25-34)29-14-10-9-11-15-29)35-26-21-32(22-27-35)38-40-36(3,4)37(5,6)41-38/h7-8,10,13-27H,9,11-12H2,1-6H3/b13-7-,28-8+. The molecule has 1 saturated heterocycles. The molecule has 5 rings (SSSR count). The van der Waals surface area contributed by atoms with Crippen molar-refractivity contribution >= 4 is 29.5 Å². The Morgan fingerprint density at radius 2 is 1.44 bits per heavy atom. The van der Waals surface area contributed by atoms with Crippen LogP contribution < -0.4 is 10.4 Å². The van der Waals surface area contributed by atoms with E-state index in [1.165, 1.54) is 22.3 Å². The van der Waals surface area contributed by atoms with Gasteiger partial charge in [-0.05, 0) is 119 Å². The van der Waals surface area contributed by atoms with E-state index in [-0.39, 0.29) is 18.3 Å². The molecule has 3 aliphatic rings. The van der Waals surface area contributed by atoms with Gasteiger partial charge in [0.2, 0.25) is 0 Å². The van der Waals surface area contributed by atoms with Crippen LogP contribution >= 0.6 is 0 Å². The van der Waals surface area contributed by atoms with Crippen molar-refractivity contribution in [3.63, 3.8) is 0 Å². The highest BCUT2D eigenvalue weighted by Crippen LogP contribution is 2.37. The van der Waals surface area contributed by atoms with Crippen molar-refractivity contribution in [2.24, 2.45) is 0 Å². The van der Waals surface area contributed by atoms with Gasteiger partial charge >= 0.3 is 7.12 Å². The van der Waals surface area contributed by atoms with Gasteiger partial charge in [0.1, 0.15) is 0 Å². The predicted molar refractivity (Wildman–Crippen MR) is 176 cm³/mol. The number of nitrogens with zero attached hydrogens (tertiary/aromatic N) is 1. The highest BCUT2D eigenvalue weighted by Gasteiger charge is 2.51. The molecule has 1 heterocycles. The average molecular weight is 544 g/mol. The molecule has 0 saturated carbocycles. The molecule has 2 aliphatic carbocycles.